The Morgan fingerprint density at radius 2 is 0.872 bits per heavy atom. The molecule has 0 unspecified atom stereocenters. The fourth-order valence-electron chi connectivity index (χ4n) is 5.69. The van der Waals surface area contributed by atoms with E-state index in [1.165, 1.54) is 54.9 Å². The van der Waals surface area contributed by atoms with Crippen LogP contribution in [0, 0.1) is 6.92 Å². The van der Waals surface area contributed by atoms with Crippen molar-refractivity contribution < 1.29 is 0 Å². The number of hydrogen-bond acceptors (Lipinski definition) is 2. The van der Waals surface area contributed by atoms with Crippen molar-refractivity contribution in [2.24, 2.45) is 0 Å². The SMILES string of the molecule is Cc1ccc2c(-c3cccc(-c4cccnc4)c3)c3ccccc3c(-c3cccc(-c4cccnc4)c3)c2c1. The molecule has 0 bridgehead atoms. The van der Waals surface area contributed by atoms with Gasteiger partial charge in [-0.3, -0.25) is 9.97 Å². The number of pyridine rings is 2. The second-order valence-corrected chi connectivity index (χ2v) is 9.99. The number of hydrogen-bond donors (Lipinski definition) is 0. The number of aryl methyl sites for hydroxylation is 1. The summed E-state index contributed by atoms with van der Waals surface area (Å²) in [7, 11) is 0. The molecule has 0 atom stereocenters. The topological polar surface area (TPSA) is 25.8 Å². The Labute approximate surface area is 228 Å². The molecule has 5 aromatic carbocycles. The summed E-state index contributed by atoms with van der Waals surface area (Å²) in [5, 5.41) is 5.02. The molecule has 184 valence electrons. The normalized spacial score (nSPS) is 11.2. The fourth-order valence-corrected chi connectivity index (χ4v) is 5.69. The van der Waals surface area contributed by atoms with Crippen molar-refractivity contribution in [3.8, 4) is 44.5 Å². The molecule has 0 spiro atoms. The van der Waals surface area contributed by atoms with Gasteiger partial charge in [0.15, 0.2) is 0 Å². The molecular weight excluding hydrogens is 472 g/mol. The standard InChI is InChI=1S/C37H26N2/c1-25-16-17-34-35(20-25)37(29-11-5-9-27(22-29)31-13-7-19-39-24-31)33-15-3-2-14-32(33)36(34)28-10-4-8-26(21-28)30-12-6-18-38-23-30/h2-24H,1H3. The van der Waals surface area contributed by atoms with Crippen LogP contribution in [0.25, 0.3) is 66.1 Å². The van der Waals surface area contributed by atoms with Gasteiger partial charge in [0.05, 0.1) is 0 Å². The number of rotatable bonds is 4. The van der Waals surface area contributed by atoms with Crippen molar-refractivity contribution in [2.75, 3.05) is 0 Å². The van der Waals surface area contributed by atoms with Crippen molar-refractivity contribution in [1.29, 1.82) is 0 Å². The van der Waals surface area contributed by atoms with Gasteiger partial charge >= 0.3 is 0 Å². The molecule has 2 heterocycles. The molecule has 0 aliphatic rings. The molecule has 2 heteroatoms. The highest BCUT2D eigenvalue weighted by Gasteiger charge is 2.17. The number of nitrogens with zero attached hydrogens (tertiary/aromatic N) is 2. The van der Waals surface area contributed by atoms with E-state index in [1.54, 1.807) is 0 Å². The van der Waals surface area contributed by atoms with Gasteiger partial charge < -0.3 is 0 Å². The van der Waals surface area contributed by atoms with Gasteiger partial charge in [-0.15, -0.1) is 0 Å². The van der Waals surface area contributed by atoms with Crippen LogP contribution < -0.4 is 0 Å². The fraction of sp³-hybridized carbons (Fsp3) is 0.0270. The molecule has 7 aromatic rings. The molecule has 0 N–H and O–H groups in total. The van der Waals surface area contributed by atoms with Gasteiger partial charge in [-0.05, 0) is 86.1 Å². The van der Waals surface area contributed by atoms with Gasteiger partial charge in [0.1, 0.15) is 0 Å². The molecule has 2 nitrogen and oxygen atoms in total. The van der Waals surface area contributed by atoms with Crippen LogP contribution in [0.1, 0.15) is 5.56 Å². The van der Waals surface area contributed by atoms with Crippen molar-refractivity contribution in [1.82, 2.24) is 9.97 Å². The minimum atomic E-state index is 1.12. The second kappa shape index (κ2) is 9.66. The highest BCUT2D eigenvalue weighted by Crippen LogP contribution is 2.45. The average molecular weight is 499 g/mol. The molecule has 0 radical (unpaired) electrons. The van der Waals surface area contributed by atoms with Crippen LogP contribution >= 0.6 is 0 Å². The second-order valence-electron chi connectivity index (χ2n) is 9.99. The Balaban J connectivity index is 1.53. The monoisotopic (exact) mass is 498 g/mol. The lowest BCUT2D eigenvalue weighted by Gasteiger charge is -2.19. The molecular formula is C37H26N2. The Morgan fingerprint density at radius 1 is 0.385 bits per heavy atom. The molecule has 0 aliphatic heterocycles. The van der Waals surface area contributed by atoms with E-state index in [-0.39, 0.29) is 0 Å². The maximum atomic E-state index is 4.35. The van der Waals surface area contributed by atoms with E-state index in [9.17, 15) is 0 Å². The highest BCUT2D eigenvalue weighted by atomic mass is 14.6. The largest absolute Gasteiger partial charge is 0.264 e. The Hall–Kier alpha value is -5.08. The van der Waals surface area contributed by atoms with Gasteiger partial charge in [-0.25, -0.2) is 0 Å². The molecule has 39 heavy (non-hydrogen) atoms. The summed E-state index contributed by atoms with van der Waals surface area (Å²) in [4.78, 5) is 8.69. The smallest absolute Gasteiger partial charge is 0.0346 e. The predicted octanol–water partition coefficient (Wildman–Crippen LogP) is 9.76. The van der Waals surface area contributed by atoms with Crippen molar-refractivity contribution in [3.63, 3.8) is 0 Å². The highest BCUT2D eigenvalue weighted by molar-refractivity contribution is 6.21. The Bertz CT molecular complexity index is 1960. The lowest BCUT2D eigenvalue weighted by molar-refractivity contribution is 1.33. The lowest BCUT2D eigenvalue weighted by atomic mass is 9.84. The minimum Gasteiger partial charge on any atom is -0.264 e. The van der Waals surface area contributed by atoms with Crippen LogP contribution in [0.2, 0.25) is 0 Å². The zero-order chi connectivity index (χ0) is 26.2. The van der Waals surface area contributed by atoms with E-state index < -0.39 is 0 Å². The molecule has 0 saturated carbocycles. The molecule has 2 aromatic heterocycles. The van der Waals surface area contributed by atoms with Gasteiger partial charge in [0, 0.05) is 35.9 Å². The van der Waals surface area contributed by atoms with E-state index in [0.717, 1.165) is 16.7 Å². The third-order valence-electron chi connectivity index (χ3n) is 7.47. The first kappa shape index (κ1) is 23.1. The van der Waals surface area contributed by atoms with E-state index in [0.29, 0.717) is 0 Å². The lowest BCUT2D eigenvalue weighted by Crippen LogP contribution is -1.92. The van der Waals surface area contributed by atoms with Gasteiger partial charge in [0.25, 0.3) is 0 Å². The number of benzene rings is 5. The summed E-state index contributed by atoms with van der Waals surface area (Å²) < 4.78 is 0. The molecule has 0 aliphatic carbocycles. The molecule has 7 rings (SSSR count). The van der Waals surface area contributed by atoms with Crippen molar-refractivity contribution in [3.05, 3.63) is 146 Å². The summed E-state index contributed by atoms with van der Waals surface area (Å²) in [5.74, 6) is 0. The Morgan fingerprint density at radius 3 is 1.41 bits per heavy atom. The molecule has 0 saturated heterocycles. The van der Waals surface area contributed by atoms with E-state index >= 15 is 0 Å². The van der Waals surface area contributed by atoms with Crippen LogP contribution in [0.4, 0.5) is 0 Å². The van der Waals surface area contributed by atoms with Crippen LogP contribution in [0.5, 0.6) is 0 Å². The summed E-state index contributed by atoms with van der Waals surface area (Å²) in [6.45, 7) is 2.17. The number of fused-ring (bicyclic) bond motifs is 2. The molecule has 0 fully saturated rings. The van der Waals surface area contributed by atoms with E-state index in [1.807, 2.05) is 36.9 Å². The van der Waals surface area contributed by atoms with E-state index in [4.69, 9.17) is 0 Å². The average Bonchev–Trinajstić information content (AvgIpc) is 3.01. The Kier molecular flexibility index (Phi) is 5.71. The maximum absolute atomic E-state index is 4.35. The quantitative estimate of drug-likeness (QED) is 0.226. The molecule has 0 amide bonds. The van der Waals surface area contributed by atoms with Gasteiger partial charge in [0.2, 0.25) is 0 Å². The third-order valence-corrected chi connectivity index (χ3v) is 7.47. The summed E-state index contributed by atoms with van der Waals surface area (Å²) in [6.07, 6.45) is 7.49. The first-order valence-electron chi connectivity index (χ1n) is 13.2. The summed E-state index contributed by atoms with van der Waals surface area (Å²) in [5.41, 5.74) is 10.8. The van der Waals surface area contributed by atoms with Crippen LogP contribution in [0.3, 0.4) is 0 Å². The predicted molar refractivity (Wildman–Crippen MR) is 164 cm³/mol. The van der Waals surface area contributed by atoms with Crippen LogP contribution in [-0.4, -0.2) is 9.97 Å². The maximum Gasteiger partial charge on any atom is 0.0346 e. The van der Waals surface area contributed by atoms with Gasteiger partial charge in [-0.1, -0.05) is 96.6 Å². The van der Waals surface area contributed by atoms with Crippen LogP contribution in [0.15, 0.2) is 140 Å². The first-order valence-corrected chi connectivity index (χ1v) is 13.2. The minimum absolute atomic E-state index is 1.12. The summed E-state index contributed by atoms with van der Waals surface area (Å²) in [6, 6.07) is 41.5. The zero-order valence-electron chi connectivity index (χ0n) is 21.7. The van der Waals surface area contributed by atoms with E-state index in [2.05, 4.69) is 120 Å². The number of aromatic nitrogens is 2. The zero-order valence-corrected chi connectivity index (χ0v) is 21.7. The van der Waals surface area contributed by atoms with Crippen molar-refractivity contribution >= 4 is 21.5 Å². The first-order chi connectivity index (χ1) is 19.3. The van der Waals surface area contributed by atoms with Crippen molar-refractivity contribution in [2.45, 2.75) is 6.92 Å². The van der Waals surface area contributed by atoms with Gasteiger partial charge in [-0.2, -0.15) is 0 Å². The summed E-state index contributed by atoms with van der Waals surface area (Å²) >= 11 is 0. The van der Waals surface area contributed by atoms with Crippen LogP contribution in [-0.2, 0) is 0 Å². The third kappa shape index (κ3) is 4.17.